The SMILES string of the molecule is COc1ccc(C23CCC(CN(C(=O)C4CCC(OC(=O)N5CC(O)C5)CC4)c4cc(CC5CCN(C(C)C)CC5)ccn4)(CC2)CC3)cc1C. The van der Waals surface area contributed by atoms with Crippen LogP contribution in [0.25, 0.3) is 0 Å². The van der Waals surface area contributed by atoms with Gasteiger partial charge in [-0.1, -0.05) is 12.1 Å². The first-order chi connectivity index (χ1) is 24.5. The lowest BCUT2D eigenvalue weighted by Crippen LogP contribution is -2.54. The molecule has 0 atom stereocenters. The number of ether oxygens (including phenoxy) is 2. The molecule has 2 aromatic rings. The molecule has 4 aliphatic carbocycles. The minimum absolute atomic E-state index is 0.0921. The van der Waals surface area contributed by atoms with Crippen LogP contribution in [0.3, 0.4) is 0 Å². The number of fused-ring (bicyclic) bond motifs is 3. The summed E-state index contributed by atoms with van der Waals surface area (Å²) < 4.78 is 11.3. The highest BCUT2D eigenvalue weighted by Gasteiger charge is 2.51. The zero-order valence-electron chi connectivity index (χ0n) is 31.4. The number of aromatic nitrogens is 1. The average Bonchev–Trinajstić information content (AvgIpc) is 3.13. The topological polar surface area (TPSA) is 95.4 Å². The van der Waals surface area contributed by atoms with Gasteiger partial charge in [0.15, 0.2) is 0 Å². The normalized spacial score (nSPS) is 28.8. The van der Waals surface area contributed by atoms with Gasteiger partial charge in [0.2, 0.25) is 5.91 Å². The van der Waals surface area contributed by atoms with E-state index in [0.29, 0.717) is 50.7 Å². The lowest BCUT2D eigenvalue weighted by molar-refractivity contribution is -0.124. The molecule has 4 saturated carbocycles. The largest absolute Gasteiger partial charge is 0.496 e. The third-order valence-corrected chi connectivity index (χ3v) is 13.6. The summed E-state index contributed by atoms with van der Waals surface area (Å²) in [6, 6.07) is 11.7. The van der Waals surface area contributed by atoms with Gasteiger partial charge < -0.3 is 24.4 Å². The molecule has 9 nitrogen and oxygen atoms in total. The van der Waals surface area contributed by atoms with Gasteiger partial charge in [-0.2, -0.15) is 0 Å². The Labute approximate surface area is 305 Å². The number of hydrogen-bond acceptors (Lipinski definition) is 7. The van der Waals surface area contributed by atoms with Crippen LogP contribution in [0.5, 0.6) is 5.75 Å². The Balaban J connectivity index is 1.06. The zero-order valence-corrected chi connectivity index (χ0v) is 31.4. The lowest BCUT2D eigenvalue weighted by Gasteiger charge is -2.55. The molecule has 278 valence electrons. The van der Waals surface area contributed by atoms with E-state index >= 15 is 0 Å². The summed E-state index contributed by atoms with van der Waals surface area (Å²) in [5, 5.41) is 9.59. The van der Waals surface area contributed by atoms with Crippen LogP contribution in [-0.4, -0.2) is 90.0 Å². The van der Waals surface area contributed by atoms with Crippen LogP contribution in [0.4, 0.5) is 10.6 Å². The maximum absolute atomic E-state index is 14.7. The summed E-state index contributed by atoms with van der Waals surface area (Å²) in [7, 11) is 1.74. The number of anilines is 1. The number of likely N-dealkylation sites (tertiary alicyclic amines) is 2. The van der Waals surface area contributed by atoms with Crippen LogP contribution in [0.15, 0.2) is 36.5 Å². The summed E-state index contributed by atoms with van der Waals surface area (Å²) >= 11 is 0. The van der Waals surface area contributed by atoms with Gasteiger partial charge >= 0.3 is 6.09 Å². The third kappa shape index (κ3) is 7.80. The fourth-order valence-electron chi connectivity index (χ4n) is 9.96. The Morgan fingerprint density at radius 1 is 0.961 bits per heavy atom. The summed E-state index contributed by atoms with van der Waals surface area (Å²) in [6.07, 6.45) is 14.0. The van der Waals surface area contributed by atoms with Gasteiger partial charge in [0.05, 0.1) is 26.3 Å². The van der Waals surface area contributed by atoms with Crippen molar-refractivity contribution >= 4 is 17.8 Å². The van der Waals surface area contributed by atoms with Crippen molar-refractivity contribution in [2.24, 2.45) is 17.3 Å². The van der Waals surface area contributed by atoms with E-state index in [2.05, 4.69) is 60.9 Å². The molecule has 9 heteroatoms. The predicted molar refractivity (Wildman–Crippen MR) is 199 cm³/mol. The number of methoxy groups -OCH3 is 1. The van der Waals surface area contributed by atoms with Gasteiger partial charge in [-0.25, -0.2) is 9.78 Å². The van der Waals surface area contributed by atoms with Crippen LogP contribution >= 0.6 is 0 Å². The Morgan fingerprint density at radius 2 is 1.65 bits per heavy atom. The molecule has 8 rings (SSSR count). The molecule has 2 saturated heterocycles. The Kier molecular flexibility index (Phi) is 10.7. The van der Waals surface area contributed by atoms with E-state index in [0.717, 1.165) is 76.1 Å². The Bertz CT molecular complexity index is 1510. The number of aryl methyl sites for hydroxylation is 1. The fourth-order valence-corrected chi connectivity index (χ4v) is 9.96. The number of piperidine rings is 1. The molecule has 0 radical (unpaired) electrons. The number of pyridine rings is 1. The van der Waals surface area contributed by atoms with E-state index in [1.165, 1.54) is 29.5 Å². The first-order valence-electron chi connectivity index (χ1n) is 19.8. The number of nitrogens with zero attached hydrogens (tertiary/aromatic N) is 4. The first kappa shape index (κ1) is 36.2. The van der Waals surface area contributed by atoms with Crippen molar-refractivity contribution in [1.29, 1.82) is 0 Å². The minimum Gasteiger partial charge on any atom is -0.496 e. The number of rotatable bonds is 10. The molecule has 2 amide bonds. The van der Waals surface area contributed by atoms with Gasteiger partial charge in [0.25, 0.3) is 0 Å². The van der Waals surface area contributed by atoms with Gasteiger partial charge in [-0.3, -0.25) is 9.69 Å². The van der Waals surface area contributed by atoms with Crippen LogP contribution in [0.1, 0.15) is 108 Å². The number of benzene rings is 1. The Hall–Kier alpha value is -3.17. The van der Waals surface area contributed by atoms with Crippen molar-refractivity contribution in [3.8, 4) is 5.75 Å². The predicted octanol–water partition coefficient (Wildman–Crippen LogP) is 7.06. The molecular formula is C42H60N4O5. The second-order valence-electron chi connectivity index (χ2n) is 17.1. The standard InChI is InChI=1S/C42H60N4O5/c1-29(2)44-21-12-31(13-22-44)24-32-11-20-43-38(25-32)46(39(48)33-5-8-36(9-6-33)51-40(49)45-26-35(47)27-45)28-41-14-17-42(18-15-41,19-16-41)34-7-10-37(50-4)30(3)23-34/h7,10-11,20,23,25,29,31,33,35-36,47H,5-6,8-9,12-19,21-22,24,26-28H2,1-4H3. The second kappa shape index (κ2) is 15.1. The highest BCUT2D eigenvalue weighted by atomic mass is 16.6. The molecule has 3 heterocycles. The second-order valence-corrected chi connectivity index (χ2v) is 17.1. The number of β-amino-alcohol motifs (C(OH)–C–C–N with tert-alkyl or cyclic N) is 1. The first-order valence-corrected chi connectivity index (χ1v) is 19.8. The van der Waals surface area contributed by atoms with Crippen molar-refractivity contribution in [3.05, 3.63) is 53.2 Å². The quantitative estimate of drug-likeness (QED) is 0.284. The Morgan fingerprint density at radius 3 is 2.25 bits per heavy atom. The highest BCUT2D eigenvalue weighted by Crippen LogP contribution is 2.58. The van der Waals surface area contributed by atoms with E-state index in [1.807, 2.05) is 6.20 Å². The van der Waals surface area contributed by atoms with Gasteiger partial charge in [0, 0.05) is 24.7 Å². The van der Waals surface area contributed by atoms with Crippen LogP contribution in [-0.2, 0) is 21.4 Å². The smallest absolute Gasteiger partial charge is 0.410 e. The molecule has 0 spiro atoms. The molecule has 1 N–H and O–H groups in total. The number of aliphatic hydroxyl groups excluding tert-OH is 1. The number of aliphatic hydroxyl groups is 1. The lowest BCUT2D eigenvalue weighted by atomic mass is 9.51. The molecular weight excluding hydrogens is 640 g/mol. The number of hydrogen-bond donors (Lipinski definition) is 1. The maximum atomic E-state index is 14.7. The molecule has 6 aliphatic rings. The minimum atomic E-state index is -0.447. The van der Waals surface area contributed by atoms with E-state index in [-0.39, 0.29) is 34.9 Å². The molecule has 6 fully saturated rings. The van der Waals surface area contributed by atoms with E-state index in [1.54, 1.807) is 12.0 Å². The number of carbonyl (C=O) groups is 2. The van der Waals surface area contributed by atoms with E-state index in [9.17, 15) is 14.7 Å². The maximum Gasteiger partial charge on any atom is 0.410 e. The van der Waals surface area contributed by atoms with Gasteiger partial charge in [-0.15, -0.1) is 0 Å². The summed E-state index contributed by atoms with van der Waals surface area (Å²) in [5.41, 5.74) is 4.23. The molecule has 1 aromatic carbocycles. The number of carbonyl (C=O) groups excluding carboxylic acids is 2. The summed E-state index contributed by atoms with van der Waals surface area (Å²) in [5.74, 6) is 2.49. The fraction of sp³-hybridized carbons (Fsp3) is 0.690. The monoisotopic (exact) mass is 700 g/mol. The van der Waals surface area contributed by atoms with Crippen molar-refractivity contribution < 1.29 is 24.2 Å². The molecule has 2 bridgehead atoms. The van der Waals surface area contributed by atoms with Gasteiger partial charge in [0.1, 0.15) is 17.7 Å². The zero-order chi connectivity index (χ0) is 35.8. The third-order valence-electron chi connectivity index (χ3n) is 13.6. The summed E-state index contributed by atoms with van der Waals surface area (Å²) in [4.78, 5) is 38.3. The van der Waals surface area contributed by atoms with Crippen LogP contribution in [0, 0.1) is 24.2 Å². The molecule has 51 heavy (non-hydrogen) atoms. The van der Waals surface area contributed by atoms with Crippen molar-refractivity contribution in [3.63, 3.8) is 0 Å². The highest BCUT2D eigenvalue weighted by molar-refractivity contribution is 5.94. The van der Waals surface area contributed by atoms with Crippen LogP contribution < -0.4 is 9.64 Å². The van der Waals surface area contributed by atoms with Crippen molar-refractivity contribution in [1.82, 2.24) is 14.8 Å². The van der Waals surface area contributed by atoms with E-state index in [4.69, 9.17) is 14.5 Å². The van der Waals surface area contributed by atoms with Crippen molar-refractivity contribution in [2.45, 2.75) is 128 Å². The molecule has 1 aromatic heterocycles. The molecule has 2 aliphatic heterocycles. The average molecular weight is 701 g/mol. The van der Waals surface area contributed by atoms with Crippen molar-refractivity contribution in [2.75, 3.05) is 44.7 Å². The van der Waals surface area contributed by atoms with E-state index < -0.39 is 6.10 Å². The van der Waals surface area contributed by atoms with Crippen LogP contribution in [0.2, 0.25) is 0 Å². The number of amides is 2. The summed E-state index contributed by atoms with van der Waals surface area (Å²) in [6.45, 7) is 10.4. The van der Waals surface area contributed by atoms with Gasteiger partial charge in [-0.05, 0) is 169 Å². The molecule has 0 unspecified atom stereocenters.